The standard InChI is InChI=1S/C25H23N5O3S/c1-17-11-13-20(14-12-17)30-24(18-7-4-3-5-8-18)28-29-25(30)34-16-22(31)27-26-15-19-9-6-10-21(33-2)23(19)32/h3-15,32H,16H2,1-2H3,(H,27,31)/b26-15+. The van der Waals surface area contributed by atoms with Gasteiger partial charge in [-0.2, -0.15) is 5.10 Å². The number of phenols is 1. The van der Waals surface area contributed by atoms with Crippen LogP contribution in [0.1, 0.15) is 11.1 Å². The molecule has 172 valence electrons. The first-order valence-corrected chi connectivity index (χ1v) is 11.4. The van der Waals surface area contributed by atoms with Gasteiger partial charge in [-0.3, -0.25) is 9.36 Å². The van der Waals surface area contributed by atoms with Crippen LogP contribution in [0.3, 0.4) is 0 Å². The highest BCUT2D eigenvalue weighted by atomic mass is 32.2. The highest BCUT2D eigenvalue weighted by molar-refractivity contribution is 7.99. The SMILES string of the molecule is COc1cccc(/C=N/NC(=O)CSc2nnc(-c3ccccc3)n2-c2ccc(C)cc2)c1O. The lowest BCUT2D eigenvalue weighted by atomic mass is 10.2. The summed E-state index contributed by atoms with van der Waals surface area (Å²) in [5.41, 5.74) is 5.88. The topological polar surface area (TPSA) is 102 Å². The van der Waals surface area contributed by atoms with E-state index in [0.717, 1.165) is 16.8 Å². The van der Waals surface area contributed by atoms with E-state index in [1.807, 2.05) is 66.1 Å². The molecule has 1 amide bonds. The molecule has 9 heteroatoms. The lowest BCUT2D eigenvalue weighted by molar-refractivity contribution is -0.118. The van der Waals surface area contributed by atoms with E-state index >= 15 is 0 Å². The number of aryl methyl sites for hydroxylation is 1. The fourth-order valence-electron chi connectivity index (χ4n) is 3.21. The molecule has 2 N–H and O–H groups in total. The number of carbonyl (C=O) groups is 1. The Bertz CT molecular complexity index is 1300. The van der Waals surface area contributed by atoms with Crippen molar-refractivity contribution in [2.24, 2.45) is 5.10 Å². The first-order valence-electron chi connectivity index (χ1n) is 10.5. The molecule has 0 radical (unpaired) electrons. The third-order valence-electron chi connectivity index (χ3n) is 4.93. The minimum atomic E-state index is -0.316. The molecule has 3 aromatic carbocycles. The number of aromatic nitrogens is 3. The van der Waals surface area contributed by atoms with Gasteiger partial charge in [0.2, 0.25) is 0 Å². The van der Waals surface area contributed by atoms with Gasteiger partial charge in [-0.25, -0.2) is 5.43 Å². The predicted molar refractivity (Wildman–Crippen MR) is 133 cm³/mol. The minimum Gasteiger partial charge on any atom is -0.504 e. The van der Waals surface area contributed by atoms with Crippen molar-refractivity contribution < 1.29 is 14.6 Å². The van der Waals surface area contributed by atoms with Gasteiger partial charge in [0.25, 0.3) is 5.91 Å². The highest BCUT2D eigenvalue weighted by Crippen LogP contribution is 2.29. The van der Waals surface area contributed by atoms with E-state index in [4.69, 9.17) is 4.74 Å². The second kappa shape index (κ2) is 10.7. The molecule has 0 aliphatic heterocycles. The molecule has 0 spiro atoms. The molecule has 0 bridgehead atoms. The van der Waals surface area contributed by atoms with Gasteiger partial charge in [-0.05, 0) is 31.2 Å². The summed E-state index contributed by atoms with van der Waals surface area (Å²) in [6.45, 7) is 2.03. The number of nitrogens with one attached hydrogen (secondary N) is 1. The normalized spacial score (nSPS) is 11.0. The largest absolute Gasteiger partial charge is 0.504 e. The summed E-state index contributed by atoms with van der Waals surface area (Å²) in [4.78, 5) is 12.4. The van der Waals surface area contributed by atoms with Crippen LogP contribution in [0.25, 0.3) is 17.1 Å². The molecule has 0 unspecified atom stereocenters. The van der Waals surface area contributed by atoms with Crippen molar-refractivity contribution in [3.63, 3.8) is 0 Å². The van der Waals surface area contributed by atoms with Crippen LogP contribution >= 0.6 is 11.8 Å². The minimum absolute atomic E-state index is 0.0444. The zero-order valence-corrected chi connectivity index (χ0v) is 19.5. The van der Waals surface area contributed by atoms with Gasteiger partial charge < -0.3 is 9.84 Å². The van der Waals surface area contributed by atoms with Gasteiger partial charge >= 0.3 is 0 Å². The van der Waals surface area contributed by atoms with Crippen molar-refractivity contribution in [3.05, 3.63) is 83.9 Å². The summed E-state index contributed by atoms with van der Waals surface area (Å²) < 4.78 is 7.01. The second-order valence-corrected chi connectivity index (χ2v) is 8.27. The third kappa shape index (κ3) is 5.26. The molecule has 34 heavy (non-hydrogen) atoms. The van der Waals surface area contributed by atoms with E-state index in [1.165, 1.54) is 25.1 Å². The van der Waals surface area contributed by atoms with Crippen molar-refractivity contribution >= 4 is 23.9 Å². The molecule has 0 saturated carbocycles. The molecular weight excluding hydrogens is 450 g/mol. The average molecular weight is 474 g/mol. The summed E-state index contributed by atoms with van der Waals surface area (Å²) >= 11 is 1.26. The number of amides is 1. The fraction of sp³-hybridized carbons (Fsp3) is 0.120. The number of hydrazone groups is 1. The van der Waals surface area contributed by atoms with Crippen molar-refractivity contribution in [2.45, 2.75) is 12.1 Å². The average Bonchev–Trinajstić information content (AvgIpc) is 3.29. The Morgan fingerprint density at radius 3 is 2.59 bits per heavy atom. The summed E-state index contributed by atoms with van der Waals surface area (Å²) in [5.74, 6) is 0.745. The second-order valence-electron chi connectivity index (χ2n) is 7.32. The van der Waals surface area contributed by atoms with Crippen LogP contribution < -0.4 is 10.2 Å². The summed E-state index contributed by atoms with van der Waals surface area (Å²) in [7, 11) is 1.47. The smallest absolute Gasteiger partial charge is 0.250 e. The van der Waals surface area contributed by atoms with Crippen molar-refractivity contribution in [3.8, 4) is 28.6 Å². The lowest BCUT2D eigenvalue weighted by Gasteiger charge is -2.10. The van der Waals surface area contributed by atoms with Crippen LogP contribution in [0.2, 0.25) is 0 Å². The number of thioether (sulfide) groups is 1. The Hall–Kier alpha value is -4.11. The van der Waals surface area contributed by atoms with Gasteiger partial charge in [0.15, 0.2) is 22.5 Å². The Labute approximate surface area is 201 Å². The summed E-state index contributed by atoms with van der Waals surface area (Å²) in [6, 6.07) is 22.8. The maximum Gasteiger partial charge on any atom is 0.250 e. The molecule has 4 aromatic rings. The van der Waals surface area contributed by atoms with E-state index in [9.17, 15) is 9.90 Å². The molecule has 0 saturated heterocycles. The first-order chi connectivity index (χ1) is 16.6. The first kappa shape index (κ1) is 23.1. The highest BCUT2D eigenvalue weighted by Gasteiger charge is 2.17. The number of methoxy groups -OCH3 is 1. The number of hydrogen-bond donors (Lipinski definition) is 2. The fourth-order valence-corrected chi connectivity index (χ4v) is 3.95. The Kier molecular flexibility index (Phi) is 7.24. The van der Waals surface area contributed by atoms with E-state index in [0.29, 0.717) is 22.3 Å². The summed E-state index contributed by atoms with van der Waals surface area (Å²) in [6.07, 6.45) is 1.36. The van der Waals surface area contributed by atoms with Gasteiger partial charge in [0.1, 0.15) is 0 Å². The number of rotatable bonds is 8. The molecule has 1 aromatic heterocycles. The van der Waals surface area contributed by atoms with Crippen molar-refractivity contribution in [1.29, 1.82) is 0 Å². The Morgan fingerprint density at radius 2 is 1.85 bits per heavy atom. The number of hydrogen-bond acceptors (Lipinski definition) is 7. The molecule has 0 aliphatic carbocycles. The number of ether oxygens (including phenoxy) is 1. The van der Waals surface area contributed by atoms with Crippen molar-refractivity contribution in [2.75, 3.05) is 12.9 Å². The maximum absolute atomic E-state index is 12.4. The third-order valence-corrected chi connectivity index (χ3v) is 5.86. The van der Waals surface area contributed by atoms with Crippen molar-refractivity contribution in [1.82, 2.24) is 20.2 Å². The Balaban J connectivity index is 1.49. The predicted octanol–water partition coefficient (Wildman–Crippen LogP) is 4.20. The van der Waals surface area contributed by atoms with E-state index < -0.39 is 0 Å². The van der Waals surface area contributed by atoms with E-state index in [2.05, 4.69) is 20.7 Å². The molecular formula is C25H23N5O3S. The Morgan fingerprint density at radius 1 is 1.09 bits per heavy atom. The summed E-state index contributed by atoms with van der Waals surface area (Å²) in [5, 5.41) is 23.3. The van der Waals surface area contributed by atoms with E-state index in [1.54, 1.807) is 18.2 Å². The number of carbonyl (C=O) groups excluding carboxylic acids is 1. The van der Waals surface area contributed by atoms with Crippen LogP contribution in [-0.2, 0) is 4.79 Å². The van der Waals surface area contributed by atoms with Crippen LogP contribution in [0.4, 0.5) is 0 Å². The van der Waals surface area contributed by atoms with Crippen LogP contribution in [0.15, 0.2) is 83.1 Å². The molecule has 0 aliphatic rings. The zero-order chi connectivity index (χ0) is 23.9. The quantitative estimate of drug-likeness (QED) is 0.226. The molecule has 8 nitrogen and oxygen atoms in total. The van der Waals surface area contributed by atoms with Gasteiger partial charge in [-0.15, -0.1) is 10.2 Å². The number of phenolic OH excluding ortho intramolecular Hbond substituents is 1. The van der Waals surface area contributed by atoms with Crippen LogP contribution in [-0.4, -0.2) is 44.9 Å². The maximum atomic E-state index is 12.4. The number of para-hydroxylation sites is 1. The van der Waals surface area contributed by atoms with E-state index in [-0.39, 0.29) is 17.4 Å². The van der Waals surface area contributed by atoms with Gasteiger partial charge in [0, 0.05) is 16.8 Å². The lowest BCUT2D eigenvalue weighted by Crippen LogP contribution is -2.20. The van der Waals surface area contributed by atoms with Gasteiger partial charge in [-0.1, -0.05) is 65.9 Å². The number of benzene rings is 3. The van der Waals surface area contributed by atoms with Crippen LogP contribution in [0, 0.1) is 6.92 Å². The molecule has 4 rings (SSSR count). The zero-order valence-electron chi connectivity index (χ0n) is 18.7. The molecule has 1 heterocycles. The molecule has 0 fully saturated rings. The number of nitrogens with zero attached hydrogens (tertiary/aromatic N) is 4. The molecule has 0 atom stereocenters. The van der Waals surface area contributed by atoms with Crippen LogP contribution in [0.5, 0.6) is 11.5 Å². The number of aromatic hydroxyl groups is 1. The monoisotopic (exact) mass is 473 g/mol. The van der Waals surface area contributed by atoms with Gasteiger partial charge in [0.05, 0.1) is 19.1 Å².